The van der Waals surface area contributed by atoms with Gasteiger partial charge in [-0.25, -0.2) is 4.98 Å². The lowest BCUT2D eigenvalue weighted by Crippen LogP contribution is -2.25. The molecular weight excluding hydrogens is 981 g/mol. The largest absolute Gasteiger partial charge is 0.457 e. The number of rotatable bonds is 11. The topological polar surface area (TPSA) is 33.5 Å². The lowest BCUT2D eigenvalue weighted by atomic mass is 9.81. The Bertz CT molecular complexity index is 4750. The Morgan fingerprint density at radius 2 is 1.20 bits per heavy atom. The smallest absolute Gasteiger partial charge is 0.137 e. The first kappa shape index (κ1) is 39.8. The summed E-state index contributed by atoms with van der Waals surface area (Å²) in [5.74, 6) is 2.51. The molecular formula is C73H66N4OS. The normalized spacial score (nSPS) is 14.6. The zero-order valence-electron chi connectivity index (χ0n) is 55.9. The first-order chi connectivity index (χ1) is 42.4. The number of para-hydroxylation sites is 3. The van der Waals surface area contributed by atoms with Gasteiger partial charge in [-0.2, -0.15) is 0 Å². The van der Waals surface area contributed by atoms with Crippen LogP contribution in [0.4, 0.5) is 22.7 Å². The number of benzene rings is 9. The van der Waals surface area contributed by atoms with Crippen LogP contribution in [0.15, 0.2) is 206 Å². The van der Waals surface area contributed by atoms with Gasteiger partial charge in [0.15, 0.2) is 0 Å². The molecule has 0 aliphatic carbocycles. The van der Waals surface area contributed by atoms with Crippen LogP contribution in [-0.2, 0) is 5.41 Å². The second-order valence-electron chi connectivity index (χ2n) is 22.6. The van der Waals surface area contributed by atoms with Crippen LogP contribution in [0.5, 0.6) is 11.5 Å². The van der Waals surface area contributed by atoms with Crippen molar-refractivity contribution in [3.05, 3.63) is 228 Å². The average Bonchev–Trinajstić information content (AvgIpc) is 1.64. The van der Waals surface area contributed by atoms with Gasteiger partial charge in [0.1, 0.15) is 24.0 Å². The lowest BCUT2D eigenvalue weighted by molar-refractivity contribution is 0.483. The van der Waals surface area contributed by atoms with Crippen molar-refractivity contribution in [3.63, 3.8) is 0 Å². The van der Waals surface area contributed by atoms with Crippen LogP contribution in [-0.4, -0.2) is 16.2 Å². The number of anilines is 4. The maximum Gasteiger partial charge on any atom is 0.137 e. The molecule has 0 N–H and O–H groups in total. The molecule has 1 aliphatic heterocycles. The molecule has 0 bridgehead atoms. The van der Waals surface area contributed by atoms with E-state index in [2.05, 4.69) is 157 Å². The highest BCUT2D eigenvalue weighted by molar-refractivity contribution is 7.26. The maximum absolute atomic E-state index is 9.30. The molecule has 5 nitrogen and oxygen atoms in total. The molecule has 0 amide bonds. The molecule has 0 atom stereocenters. The van der Waals surface area contributed by atoms with E-state index in [-0.39, 0.29) is 52.1 Å². The highest BCUT2D eigenvalue weighted by Crippen LogP contribution is 2.52. The zero-order valence-corrected chi connectivity index (χ0v) is 46.7. The number of hydrogen-bond donors (Lipinski definition) is 0. The van der Waals surface area contributed by atoms with Crippen molar-refractivity contribution in [2.24, 2.45) is 0 Å². The van der Waals surface area contributed by atoms with E-state index < -0.39 is 60.4 Å². The third-order valence-electron chi connectivity index (χ3n) is 15.5. The predicted molar refractivity (Wildman–Crippen MR) is 337 cm³/mol. The minimum absolute atomic E-state index is 0.0723. The summed E-state index contributed by atoms with van der Waals surface area (Å²) in [6, 6.07) is 42.4. The van der Waals surface area contributed by atoms with E-state index in [0.29, 0.717) is 22.9 Å². The van der Waals surface area contributed by atoms with Crippen molar-refractivity contribution in [2.45, 2.75) is 85.5 Å². The molecule has 0 fully saturated rings. The van der Waals surface area contributed by atoms with Crippen LogP contribution >= 0.6 is 11.3 Å². The molecule has 79 heavy (non-hydrogen) atoms. The van der Waals surface area contributed by atoms with Gasteiger partial charge in [0, 0.05) is 66.1 Å². The molecule has 12 aromatic rings. The fourth-order valence-corrected chi connectivity index (χ4v) is 12.8. The molecule has 6 heteroatoms. The number of hydrogen-bond acceptors (Lipinski definition) is 5. The average molecular weight is 1060 g/mol. The van der Waals surface area contributed by atoms with Gasteiger partial charge in [0.25, 0.3) is 0 Å². The second kappa shape index (κ2) is 19.8. The van der Waals surface area contributed by atoms with E-state index in [1.807, 2.05) is 47.5 Å². The Hall–Kier alpha value is -8.45. The number of fused-ring (bicyclic) bond motifs is 8. The fraction of sp³-hybridized carbons (Fsp3) is 0.192. The van der Waals surface area contributed by atoms with Gasteiger partial charge < -0.3 is 14.5 Å². The molecule has 3 aromatic heterocycles. The van der Waals surface area contributed by atoms with E-state index >= 15 is 0 Å². The summed E-state index contributed by atoms with van der Waals surface area (Å²) >= 11 is 1.80. The quantitative estimate of drug-likeness (QED) is 0.129. The van der Waals surface area contributed by atoms with Crippen LogP contribution < -0.4 is 14.5 Å². The molecule has 0 radical (unpaired) electrons. The number of aromatic nitrogens is 2. The van der Waals surface area contributed by atoms with Crippen LogP contribution in [0.25, 0.3) is 81.2 Å². The monoisotopic (exact) mass is 1060 g/mol. The first-order valence-electron chi connectivity index (χ1n) is 32.2. The van der Waals surface area contributed by atoms with Gasteiger partial charge in [-0.3, -0.25) is 4.57 Å². The predicted octanol–water partition coefficient (Wildman–Crippen LogP) is 21.3. The lowest BCUT2D eigenvalue weighted by Gasteiger charge is -2.28. The van der Waals surface area contributed by atoms with Crippen LogP contribution in [0.2, 0.25) is 0 Å². The molecule has 9 aromatic carbocycles. The molecule has 0 spiro atoms. The summed E-state index contributed by atoms with van der Waals surface area (Å²) in [5.41, 5.74) is 11.4. The fourth-order valence-electron chi connectivity index (χ4n) is 11.6. The zero-order chi connectivity index (χ0) is 63.0. The van der Waals surface area contributed by atoms with Crippen LogP contribution in [0, 0.1) is 0 Å². The SMILES string of the molecule is [2H]c1c([2H])c([2H])c(-c2cccc(-c3c([2H])c([2H])c([2H])c([2H])c3[2H])c2N2CN(c3cc(Oc4ccc5c6c7sc8ccccc8c7ccc6n(-c6cc(C(C)(C)C)ccn6)c5c4)cc(-c4c(C(C)C)cc(C(C)C)cc4C(C)C)c3)c3ccccc32)c([2H])c1[2H]. The Morgan fingerprint density at radius 3 is 1.86 bits per heavy atom. The van der Waals surface area contributed by atoms with Gasteiger partial charge in [-0.15, -0.1) is 11.3 Å². The van der Waals surface area contributed by atoms with Gasteiger partial charge >= 0.3 is 0 Å². The van der Waals surface area contributed by atoms with E-state index in [4.69, 9.17) is 17.9 Å². The van der Waals surface area contributed by atoms with Gasteiger partial charge in [0.05, 0.1) is 41.8 Å². The molecule has 4 heterocycles. The molecule has 1 aliphatic rings. The Balaban J connectivity index is 1.05. The molecule has 390 valence electrons. The third kappa shape index (κ3) is 8.83. The number of nitrogens with zero attached hydrogens (tertiary/aromatic N) is 4. The Labute approximate surface area is 483 Å². The van der Waals surface area contributed by atoms with Gasteiger partial charge in [-0.1, -0.05) is 189 Å². The summed E-state index contributed by atoms with van der Waals surface area (Å²) in [6.45, 7) is 20.1. The molecule has 0 saturated carbocycles. The highest BCUT2D eigenvalue weighted by atomic mass is 32.1. The molecule has 0 saturated heterocycles. The van der Waals surface area contributed by atoms with E-state index in [1.54, 1.807) is 29.5 Å². The van der Waals surface area contributed by atoms with Crippen LogP contribution in [0.3, 0.4) is 0 Å². The van der Waals surface area contributed by atoms with Gasteiger partial charge in [-0.05, 0) is 128 Å². The van der Waals surface area contributed by atoms with Crippen molar-refractivity contribution in [1.82, 2.24) is 9.55 Å². The van der Waals surface area contributed by atoms with Crippen molar-refractivity contribution >= 4 is 76.1 Å². The highest BCUT2D eigenvalue weighted by Gasteiger charge is 2.33. The van der Waals surface area contributed by atoms with Crippen LogP contribution in [0.1, 0.15) is 116 Å². The number of thiophene rings is 1. The molecule has 0 unspecified atom stereocenters. The minimum Gasteiger partial charge on any atom is -0.457 e. The summed E-state index contributed by atoms with van der Waals surface area (Å²) in [4.78, 5) is 9.16. The standard InChI is InChI=1S/C73H66N4OS/c1-45(2)50-39-61(46(3)4)69(62(40-50)47(5)6)51-37-53(75-44-76(64-29-18-17-28-63(64)75)71-56(48-21-12-10-13-22-48)26-20-27-57(71)49-23-14-11-15-24-49)42-55(38-51)78-54-31-32-60-66(43-54)77(68-41-52(35-36-74-68)73(7,8)9)65-34-33-59-58-25-16-19-30-67(58)79-72(59)70(60)65/h10-43,45-47H,44H2,1-9H3/i10D,11D,12D,13D,14D,15D,21D,22D,23D,24D. The number of pyridine rings is 1. The first-order valence-corrected chi connectivity index (χ1v) is 28.0. The van der Waals surface area contributed by atoms with Crippen molar-refractivity contribution < 1.29 is 18.4 Å². The van der Waals surface area contributed by atoms with E-state index in [1.165, 1.54) is 36.9 Å². The maximum atomic E-state index is 9.30. The summed E-state index contributed by atoms with van der Waals surface area (Å²) in [7, 11) is 0. The minimum atomic E-state index is -0.554. The summed E-state index contributed by atoms with van der Waals surface area (Å²) in [6.07, 6.45) is 1.89. The number of ether oxygens (including phenoxy) is 1. The summed E-state index contributed by atoms with van der Waals surface area (Å²) in [5, 5.41) is 4.63. The Kier molecular flexibility index (Phi) is 9.97. The Morgan fingerprint density at radius 1 is 0.557 bits per heavy atom. The van der Waals surface area contributed by atoms with Crippen molar-refractivity contribution in [2.75, 3.05) is 16.5 Å². The summed E-state index contributed by atoms with van der Waals surface area (Å²) < 4.78 is 102. The third-order valence-corrected chi connectivity index (χ3v) is 16.7. The molecule has 13 rings (SSSR count). The second-order valence-corrected chi connectivity index (χ2v) is 23.7. The van der Waals surface area contributed by atoms with Gasteiger partial charge in [0.2, 0.25) is 0 Å². The van der Waals surface area contributed by atoms with Crippen molar-refractivity contribution in [3.8, 4) is 50.7 Å². The van der Waals surface area contributed by atoms with E-state index in [9.17, 15) is 5.48 Å². The van der Waals surface area contributed by atoms with Crippen molar-refractivity contribution in [1.29, 1.82) is 0 Å². The van der Waals surface area contributed by atoms with E-state index in [0.717, 1.165) is 55.7 Å².